The molecule has 3 nitrogen and oxygen atoms in total. The second-order valence-corrected chi connectivity index (χ2v) is 6.80. The summed E-state index contributed by atoms with van der Waals surface area (Å²) in [5.74, 6) is 2.91. The summed E-state index contributed by atoms with van der Waals surface area (Å²) in [5.41, 5.74) is 1.20. The van der Waals surface area contributed by atoms with Crippen molar-refractivity contribution in [3.05, 3.63) is 29.8 Å². The van der Waals surface area contributed by atoms with Crippen molar-refractivity contribution in [3.63, 3.8) is 0 Å². The van der Waals surface area contributed by atoms with Crippen molar-refractivity contribution < 1.29 is 8.95 Å². The Bertz CT molecular complexity index is 419. The summed E-state index contributed by atoms with van der Waals surface area (Å²) in [6, 6.07) is 8.37. The number of hydrogen-bond donors (Lipinski definition) is 1. The number of hydrogen-bond acceptors (Lipinski definition) is 3. The van der Waals surface area contributed by atoms with Gasteiger partial charge in [-0.3, -0.25) is 4.21 Å². The predicted octanol–water partition coefficient (Wildman–Crippen LogP) is 2.50. The molecule has 0 saturated carbocycles. The standard InChI is InChI=1S/C15H23NO2S/c1-3-8-18-14-6-4-13(5-7-14)15-11-19(17)10-12(2)9-16-15/h4-7,12,15-16H,3,8-11H2,1-2H3. The highest BCUT2D eigenvalue weighted by Crippen LogP contribution is 2.21. The topological polar surface area (TPSA) is 38.3 Å². The molecule has 0 spiro atoms. The van der Waals surface area contributed by atoms with E-state index in [9.17, 15) is 4.21 Å². The Morgan fingerprint density at radius 1 is 1.32 bits per heavy atom. The first-order chi connectivity index (χ1) is 9.19. The Labute approximate surface area is 118 Å². The van der Waals surface area contributed by atoms with Gasteiger partial charge in [0.2, 0.25) is 0 Å². The minimum atomic E-state index is -0.722. The van der Waals surface area contributed by atoms with Crippen molar-refractivity contribution in [2.75, 3.05) is 24.7 Å². The highest BCUT2D eigenvalue weighted by atomic mass is 32.2. The van der Waals surface area contributed by atoms with Gasteiger partial charge in [-0.15, -0.1) is 0 Å². The summed E-state index contributed by atoms with van der Waals surface area (Å²) >= 11 is 0. The summed E-state index contributed by atoms with van der Waals surface area (Å²) in [6.45, 7) is 5.93. The fraction of sp³-hybridized carbons (Fsp3) is 0.600. The molecule has 19 heavy (non-hydrogen) atoms. The number of benzene rings is 1. The van der Waals surface area contributed by atoms with Crippen LogP contribution in [0, 0.1) is 5.92 Å². The van der Waals surface area contributed by atoms with E-state index >= 15 is 0 Å². The van der Waals surface area contributed by atoms with Crippen LogP contribution in [-0.2, 0) is 10.8 Å². The molecular weight excluding hydrogens is 258 g/mol. The van der Waals surface area contributed by atoms with Gasteiger partial charge in [0, 0.05) is 28.3 Å². The number of nitrogens with one attached hydrogen (secondary N) is 1. The van der Waals surface area contributed by atoms with Crippen LogP contribution in [0.3, 0.4) is 0 Å². The Balaban J connectivity index is 2.02. The SMILES string of the molecule is CCCOc1ccc(C2CS(=O)CC(C)CN2)cc1. The van der Waals surface area contributed by atoms with Gasteiger partial charge in [-0.25, -0.2) is 0 Å². The van der Waals surface area contributed by atoms with Crippen LogP contribution in [0.5, 0.6) is 5.75 Å². The maximum absolute atomic E-state index is 11.9. The molecule has 0 aliphatic carbocycles. The summed E-state index contributed by atoms with van der Waals surface area (Å²) in [6.07, 6.45) is 1.02. The molecule has 1 fully saturated rings. The largest absolute Gasteiger partial charge is 0.494 e. The zero-order chi connectivity index (χ0) is 13.7. The molecule has 1 aliphatic heterocycles. The maximum atomic E-state index is 11.9. The van der Waals surface area contributed by atoms with Crippen molar-refractivity contribution in [2.45, 2.75) is 26.3 Å². The van der Waals surface area contributed by atoms with E-state index in [4.69, 9.17) is 4.74 Å². The molecule has 0 radical (unpaired) electrons. The van der Waals surface area contributed by atoms with Crippen molar-refractivity contribution in [1.29, 1.82) is 0 Å². The molecule has 1 aromatic rings. The molecule has 3 unspecified atom stereocenters. The summed E-state index contributed by atoms with van der Waals surface area (Å²) in [5, 5.41) is 3.51. The van der Waals surface area contributed by atoms with Crippen LogP contribution in [-0.4, -0.2) is 28.9 Å². The number of rotatable bonds is 4. The fourth-order valence-corrected chi connectivity index (χ4v) is 3.83. The molecule has 1 heterocycles. The molecule has 1 saturated heterocycles. The normalized spacial score (nSPS) is 27.8. The molecule has 3 atom stereocenters. The van der Waals surface area contributed by atoms with E-state index in [1.165, 1.54) is 5.56 Å². The van der Waals surface area contributed by atoms with Gasteiger partial charge in [-0.2, -0.15) is 0 Å². The highest BCUT2D eigenvalue weighted by molar-refractivity contribution is 7.85. The van der Waals surface area contributed by atoms with Gasteiger partial charge < -0.3 is 10.1 Å². The van der Waals surface area contributed by atoms with Gasteiger partial charge in [-0.05, 0) is 36.6 Å². The van der Waals surface area contributed by atoms with Crippen LogP contribution in [0.2, 0.25) is 0 Å². The second-order valence-electron chi connectivity index (χ2n) is 5.26. The van der Waals surface area contributed by atoms with E-state index in [1.54, 1.807) is 0 Å². The molecule has 0 bridgehead atoms. The minimum absolute atomic E-state index is 0.200. The summed E-state index contributed by atoms with van der Waals surface area (Å²) in [4.78, 5) is 0. The predicted molar refractivity (Wildman–Crippen MR) is 80.0 cm³/mol. The fourth-order valence-electron chi connectivity index (χ4n) is 2.26. The van der Waals surface area contributed by atoms with Crippen LogP contribution in [0.4, 0.5) is 0 Å². The summed E-state index contributed by atoms with van der Waals surface area (Å²) in [7, 11) is -0.722. The van der Waals surface area contributed by atoms with E-state index in [0.717, 1.165) is 31.1 Å². The third kappa shape index (κ3) is 4.32. The Kier molecular flexibility index (Phi) is 5.40. The van der Waals surface area contributed by atoms with Crippen LogP contribution in [0.1, 0.15) is 31.9 Å². The molecule has 1 N–H and O–H groups in total. The van der Waals surface area contributed by atoms with Gasteiger partial charge >= 0.3 is 0 Å². The minimum Gasteiger partial charge on any atom is -0.494 e. The van der Waals surface area contributed by atoms with Gasteiger partial charge in [0.1, 0.15) is 5.75 Å². The zero-order valence-electron chi connectivity index (χ0n) is 11.7. The molecule has 0 aromatic heterocycles. The average Bonchev–Trinajstić information content (AvgIpc) is 2.58. The maximum Gasteiger partial charge on any atom is 0.119 e. The van der Waals surface area contributed by atoms with E-state index in [2.05, 4.69) is 31.3 Å². The molecule has 1 aromatic carbocycles. The van der Waals surface area contributed by atoms with Crippen LogP contribution < -0.4 is 10.1 Å². The molecule has 106 valence electrons. The molecule has 2 rings (SSSR count). The lowest BCUT2D eigenvalue weighted by molar-refractivity contribution is 0.317. The monoisotopic (exact) mass is 281 g/mol. The molecule has 1 aliphatic rings. The van der Waals surface area contributed by atoms with Crippen molar-refractivity contribution in [3.8, 4) is 5.75 Å². The third-order valence-electron chi connectivity index (χ3n) is 3.29. The van der Waals surface area contributed by atoms with Gasteiger partial charge in [0.15, 0.2) is 0 Å². The quantitative estimate of drug-likeness (QED) is 0.921. The third-order valence-corrected chi connectivity index (χ3v) is 4.94. The van der Waals surface area contributed by atoms with Gasteiger partial charge in [0.05, 0.1) is 6.61 Å². The van der Waals surface area contributed by atoms with Crippen LogP contribution in [0.25, 0.3) is 0 Å². The Morgan fingerprint density at radius 3 is 2.74 bits per heavy atom. The van der Waals surface area contributed by atoms with Crippen molar-refractivity contribution in [1.82, 2.24) is 5.32 Å². The lowest BCUT2D eigenvalue weighted by Crippen LogP contribution is -2.25. The summed E-state index contributed by atoms with van der Waals surface area (Å²) < 4.78 is 17.5. The second kappa shape index (κ2) is 7.06. The van der Waals surface area contributed by atoms with Crippen LogP contribution >= 0.6 is 0 Å². The van der Waals surface area contributed by atoms with Gasteiger partial charge in [0.25, 0.3) is 0 Å². The van der Waals surface area contributed by atoms with E-state index in [1.807, 2.05) is 12.1 Å². The van der Waals surface area contributed by atoms with Crippen LogP contribution in [0.15, 0.2) is 24.3 Å². The van der Waals surface area contributed by atoms with Crippen molar-refractivity contribution in [2.24, 2.45) is 5.92 Å². The smallest absolute Gasteiger partial charge is 0.119 e. The highest BCUT2D eigenvalue weighted by Gasteiger charge is 2.21. The first kappa shape index (κ1) is 14.5. The van der Waals surface area contributed by atoms with Crippen molar-refractivity contribution >= 4 is 10.8 Å². The number of ether oxygens (including phenoxy) is 1. The lowest BCUT2D eigenvalue weighted by Gasteiger charge is -2.16. The Hall–Kier alpha value is -0.870. The van der Waals surface area contributed by atoms with E-state index in [-0.39, 0.29) is 6.04 Å². The van der Waals surface area contributed by atoms with E-state index < -0.39 is 10.8 Å². The lowest BCUT2D eigenvalue weighted by atomic mass is 10.1. The molecule has 0 amide bonds. The Morgan fingerprint density at radius 2 is 2.05 bits per heavy atom. The molecule has 4 heteroatoms. The zero-order valence-corrected chi connectivity index (χ0v) is 12.5. The molecular formula is C15H23NO2S. The first-order valence-electron chi connectivity index (χ1n) is 7.00. The average molecular weight is 281 g/mol. The van der Waals surface area contributed by atoms with Gasteiger partial charge in [-0.1, -0.05) is 26.0 Å². The van der Waals surface area contributed by atoms with E-state index in [0.29, 0.717) is 11.7 Å². The first-order valence-corrected chi connectivity index (χ1v) is 8.49.